The van der Waals surface area contributed by atoms with Crippen LogP contribution in [0.3, 0.4) is 0 Å². The van der Waals surface area contributed by atoms with Gasteiger partial charge in [-0.15, -0.1) is 0 Å². The molecule has 2 aromatic rings. The average Bonchev–Trinajstić information content (AvgIpc) is 2.77. The van der Waals surface area contributed by atoms with Crippen LogP contribution in [0.5, 0.6) is 0 Å². The molecule has 0 N–H and O–H groups in total. The summed E-state index contributed by atoms with van der Waals surface area (Å²) in [5.41, 5.74) is 0.445. The van der Waals surface area contributed by atoms with Crippen LogP contribution in [0.2, 0.25) is 0 Å². The van der Waals surface area contributed by atoms with Crippen molar-refractivity contribution in [1.82, 2.24) is 19.2 Å². The van der Waals surface area contributed by atoms with Crippen molar-refractivity contribution in [3.05, 3.63) is 36.0 Å². The highest BCUT2D eigenvalue weighted by molar-refractivity contribution is 5.93. The molecule has 0 aromatic carbocycles. The maximum atomic E-state index is 14.7. The average molecular weight is 356 g/mol. The third-order valence-corrected chi connectivity index (χ3v) is 6.51. The second-order valence-electron chi connectivity index (χ2n) is 8.24. The first-order chi connectivity index (χ1) is 12.7. The van der Waals surface area contributed by atoms with E-state index in [1.54, 1.807) is 24.4 Å². The van der Waals surface area contributed by atoms with Gasteiger partial charge in [0.25, 0.3) is 5.91 Å². The molecular formula is C20H25FN4O. The molecule has 4 aliphatic rings. The van der Waals surface area contributed by atoms with Gasteiger partial charge in [0.05, 0.1) is 0 Å². The largest absolute Gasteiger partial charge is 0.335 e. The van der Waals surface area contributed by atoms with Crippen LogP contribution in [0.4, 0.5) is 4.39 Å². The Bertz CT molecular complexity index is 830. The summed E-state index contributed by atoms with van der Waals surface area (Å²) in [6.07, 6.45) is 8.00. The Labute approximate surface area is 152 Å². The Morgan fingerprint density at radius 3 is 2.81 bits per heavy atom. The van der Waals surface area contributed by atoms with Gasteiger partial charge in [-0.1, -0.05) is 12.5 Å². The molecule has 3 aliphatic heterocycles. The zero-order valence-electron chi connectivity index (χ0n) is 15.0. The molecule has 138 valence electrons. The number of pyridine rings is 1. The molecular weight excluding hydrogens is 331 g/mol. The van der Waals surface area contributed by atoms with Crippen molar-refractivity contribution in [3.8, 4) is 0 Å². The van der Waals surface area contributed by atoms with Gasteiger partial charge in [-0.2, -0.15) is 4.39 Å². The van der Waals surface area contributed by atoms with Crippen molar-refractivity contribution in [2.45, 2.75) is 38.1 Å². The Hall–Kier alpha value is -1.95. The van der Waals surface area contributed by atoms with E-state index in [0.29, 0.717) is 24.2 Å². The summed E-state index contributed by atoms with van der Waals surface area (Å²) in [4.78, 5) is 21.8. The van der Waals surface area contributed by atoms with Gasteiger partial charge >= 0.3 is 0 Å². The molecule has 0 radical (unpaired) electrons. The number of hydrogen-bond donors (Lipinski definition) is 0. The third kappa shape index (κ3) is 2.71. The van der Waals surface area contributed by atoms with Crippen molar-refractivity contribution in [2.24, 2.45) is 11.8 Å². The van der Waals surface area contributed by atoms with E-state index in [2.05, 4.69) is 9.88 Å². The number of carbonyl (C=O) groups is 1. The van der Waals surface area contributed by atoms with Crippen molar-refractivity contribution in [1.29, 1.82) is 0 Å². The second-order valence-corrected chi connectivity index (χ2v) is 8.24. The van der Waals surface area contributed by atoms with E-state index < -0.39 is 5.95 Å². The molecule has 1 saturated carbocycles. The van der Waals surface area contributed by atoms with Crippen molar-refractivity contribution < 1.29 is 9.18 Å². The summed E-state index contributed by atoms with van der Waals surface area (Å²) in [6.45, 7) is 3.68. The minimum atomic E-state index is -0.548. The number of piperidine rings is 1. The van der Waals surface area contributed by atoms with Gasteiger partial charge < -0.3 is 4.90 Å². The lowest BCUT2D eigenvalue weighted by molar-refractivity contribution is 0.0708. The van der Waals surface area contributed by atoms with Gasteiger partial charge in [0.15, 0.2) is 5.69 Å². The van der Waals surface area contributed by atoms with E-state index in [4.69, 9.17) is 0 Å². The van der Waals surface area contributed by atoms with Crippen LogP contribution in [0.15, 0.2) is 24.4 Å². The van der Waals surface area contributed by atoms with Crippen LogP contribution in [-0.2, 0) is 0 Å². The van der Waals surface area contributed by atoms with Gasteiger partial charge in [-0.25, -0.2) is 4.98 Å². The number of rotatable bonds is 3. The minimum Gasteiger partial charge on any atom is -0.335 e. The van der Waals surface area contributed by atoms with E-state index >= 15 is 0 Å². The van der Waals surface area contributed by atoms with E-state index in [-0.39, 0.29) is 11.6 Å². The molecule has 4 fully saturated rings. The van der Waals surface area contributed by atoms with Crippen LogP contribution in [0.25, 0.3) is 5.65 Å². The summed E-state index contributed by atoms with van der Waals surface area (Å²) >= 11 is 0. The van der Waals surface area contributed by atoms with Gasteiger partial charge in [0, 0.05) is 38.4 Å². The summed E-state index contributed by atoms with van der Waals surface area (Å²) in [7, 11) is 0. The quantitative estimate of drug-likeness (QED) is 0.849. The monoisotopic (exact) mass is 356 g/mol. The van der Waals surface area contributed by atoms with Crippen molar-refractivity contribution >= 4 is 11.6 Å². The first kappa shape index (κ1) is 16.2. The predicted octanol–water partition coefficient (Wildman–Crippen LogP) is 2.81. The van der Waals surface area contributed by atoms with Crippen LogP contribution in [0.1, 0.15) is 42.6 Å². The van der Waals surface area contributed by atoms with Crippen molar-refractivity contribution in [2.75, 3.05) is 26.2 Å². The Balaban J connectivity index is 1.37. The van der Waals surface area contributed by atoms with E-state index in [9.17, 15) is 9.18 Å². The molecule has 3 saturated heterocycles. The van der Waals surface area contributed by atoms with E-state index in [0.717, 1.165) is 25.4 Å². The molecule has 5 heterocycles. The maximum absolute atomic E-state index is 14.7. The molecule has 2 aromatic heterocycles. The van der Waals surface area contributed by atoms with E-state index in [1.807, 2.05) is 4.90 Å². The van der Waals surface area contributed by atoms with Crippen LogP contribution >= 0.6 is 0 Å². The summed E-state index contributed by atoms with van der Waals surface area (Å²) in [6, 6.07) is 5.70. The molecule has 2 atom stereocenters. The number of nitrogens with zero attached hydrogens (tertiary/aromatic N) is 4. The molecule has 26 heavy (non-hydrogen) atoms. The SMILES string of the molecule is O=C(c1nc2ccccn2c1F)N1C[C@H]2CC[C@@H](C1)N(CC1CCC1)C2. The van der Waals surface area contributed by atoms with Gasteiger partial charge in [0.2, 0.25) is 5.95 Å². The highest BCUT2D eigenvalue weighted by Gasteiger charge is 2.39. The third-order valence-electron chi connectivity index (χ3n) is 6.51. The number of imidazole rings is 1. The number of hydrogen-bond acceptors (Lipinski definition) is 3. The molecule has 6 heteroatoms. The number of carbonyl (C=O) groups excluding carboxylic acids is 1. The first-order valence-electron chi connectivity index (χ1n) is 9.85. The maximum Gasteiger partial charge on any atom is 0.277 e. The normalized spacial score (nSPS) is 26.9. The standard InChI is InChI=1S/C20H25FN4O/c21-19-18(22-17-6-1-2-9-25(17)19)20(26)24-12-15-7-8-16(13-24)23(11-15)10-14-4-3-5-14/h1-2,6,9,14-16H,3-5,7-8,10-13H2/t15-,16-/m0/s1. The molecule has 5 nitrogen and oxygen atoms in total. The predicted molar refractivity (Wildman–Crippen MR) is 96.5 cm³/mol. The second kappa shape index (κ2) is 6.34. The smallest absolute Gasteiger partial charge is 0.277 e. The number of halogens is 1. The highest BCUT2D eigenvalue weighted by atomic mass is 19.1. The Morgan fingerprint density at radius 2 is 2.04 bits per heavy atom. The minimum absolute atomic E-state index is 0.0388. The molecule has 6 rings (SSSR count). The van der Waals surface area contributed by atoms with Gasteiger partial charge in [0.1, 0.15) is 5.65 Å². The number of amides is 1. The molecule has 1 amide bonds. The topological polar surface area (TPSA) is 40.9 Å². The van der Waals surface area contributed by atoms with Crippen LogP contribution < -0.4 is 0 Å². The van der Waals surface area contributed by atoms with Crippen LogP contribution in [0, 0.1) is 17.8 Å². The lowest BCUT2D eigenvalue weighted by Gasteiger charge is -2.40. The Morgan fingerprint density at radius 1 is 1.15 bits per heavy atom. The Kier molecular flexibility index (Phi) is 3.96. The lowest BCUT2D eigenvalue weighted by Crippen LogP contribution is -2.47. The fraction of sp³-hybridized carbons (Fsp3) is 0.600. The number of fused-ring (bicyclic) bond motifs is 5. The van der Waals surface area contributed by atoms with Crippen molar-refractivity contribution in [3.63, 3.8) is 0 Å². The number of aromatic nitrogens is 2. The molecule has 1 aliphatic carbocycles. The zero-order valence-corrected chi connectivity index (χ0v) is 15.0. The van der Waals surface area contributed by atoms with E-state index in [1.165, 1.54) is 36.6 Å². The molecule has 2 bridgehead atoms. The zero-order chi connectivity index (χ0) is 17.7. The summed E-state index contributed by atoms with van der Waals surface area (Å²) in [5, 5.41) is 0. The summed E-state index contributed by atoms with van der Waals surface area (Å²) in [5.74, 6) is 0.536. The lowest BCUT2D eigenvalue weighted by atomic mass is 9.83. The molecule has 0 unspecified atom stereocenters. The van der Waals surface area contributed by atoms with Gasteiger partial charge in [-0.3, -0.25) is 14.1 Å². The van der Waals surface area contributed by atoms with Gasteiger partial charge in [-0.05, 0) is 49.7 Å². The fourth-order valence-corrected chi connectivity index (χ4v) is 4.83. The van der Waals surface area contributed by atoms with Crippen LogP contribution in [-0.4, -0.2) is 57.3 Å². The summed E-state index contributed by atoms with van der Waals surface area (Å²) < 4.78 is 16.0. The highest BCUT2D eigenvalue weighted by Crippen LogP contribution is 2.33. The first-order valence-corrected chi connectivity index (χ1v) is 9.85. The fourth-order valence-electron chi connectivity index (χ4n) is 4.83. The molecule has 0 spiro atoms.